The van der Waals surface area contributed by atoms with Crippen LogP contribution in [0, 0.1) is 10.1 Å². The van der Waals surface area contributed by atoms with E-state index in [0.29, 0.717) is 13.1 Å². The Morgan fingerprint density at radius 3 is 2.50 bits per heavy atom. The molecule has 0 spiro atoms. The maximum atomic E-state index is 12.9. The molecule has 1 aromatic heterocycles. The van der Waals surface area contributed by atoms with Gasteiger partial charge in [-0.05, 0) is 18.2 Å². The summed E-state index contributed by atoms with van der Waals surface area (Å²) in [6, 6.07) is 13.1. The van der Waals surface area contributed by atoms with Crippen LogP contribution < -0.4 is 4.90 Å². The Labute approximate surface area is 186 Å². The number of sulfonamides is 1. The lowest BCUT2D eigenvalue weighted by Gasteiger charge is -2.33. The summed E-state index contributed by atoms with van der Waals surface area (Å²) < 4.78 is 28.1. The molecule has 156 valence electrons. The smallest absolute Gasteiger partial charge is 0.270 e. The van der Waals surface area contributed by atoms with E-state index in [1.807, 2.05) is 29.6 Å². The number of non-ortho nitro benzene ring substituents is 1. The van der Waals surface area contributed by atoms with Crippen LogP contribution in [0.1, 0.15) is 0 Å². The minimum absolute atomic E-state index is 0.0589. The minimum Gasteiger partial charge on any atom is -0.345 e. The van der Waals surface area contributed by atoms with Crippen molar-refractivity contribution in [1.82, 2.24) is 9.29 Å². The summed E-state index contributed by atoms with van der Waals surface area (Å²) in [5.41, 5.74) is 1.65. The third-order valence-corrected chi connectivity index (χ3v) is 8.08. The second-order valence-corrected chi connectivity index (χ2v) is 10.4. The first-order chi connectivity index (χ1) is 14.3. The lowest BCUT2D eigenvalue weighted by atomic mass is 10.2. The molecule has 0 bridgehead atoms. The highest BCUT2D eigenvalue weighted by Crippen LogP contribution is 2.30. The summed E-state index contributed by atoms with van der Waals surface area (Å²) in [5.74, 6) is 0. The summed E-state index contributed by atoms with van der Waals surface area (Å²) in [7, 11) is -3.79. The molecule has 3 aromatic rings. The Kier molecular flexibility index (Phi) is 5.87. The van der Waals surface area contributed by atoms with Gasteiger partial charge in [-0.2, -0.15) is 4.31 Å². The standard InChI is InChI=1S/C19H17BrN4O4S2/c20-15-4-1-3-14(11-15)18-13-29-19(21-18)22-7-9-23(10-8-22)30(27,28)17-6-2-5-16(12-17)24(25)26/h1-6,11-13H,7-10H2. The van der Waals surface area contributed by atoms with Gasteiger partial charge < -0.3 is 4.90 Å². The van der Waals surface area contributed by atoms with Crippen molar-refractivity contribution < 1.29 is 13.3 Å². The molecule has 0 N–H and O–H groups in total. The zero-order valence-corrected chi connectivity index (χ0v) is 18.9. The Morgan fingerprint density at radius 1 is 1.07 bits per heavy atom. The van der Waals surface area contributed by atoms with E-state index in [0.717, 1.165) is 26.9 Å². The van der Waals surface area contributed by atoms with Gasteiger partial charge in [0.1, 0.15) is 0 Å². The molecule has 1 aliphatic rings. The van der Waals surface area contributed by atoms with Crippen LogP contribution in [0.5, 0.6) is 0 Å². The van der Waals surface area contributed by atoms with Crippen LogP contribution in [0.4, 0.5) is 10.8 Å². The fourth-order valence-corrected chi connectivity index (χ4v) is 5.97. The van der Waals surface area contributed by atoms with Gasteiger partial charge >= 0.3 is 0 Å². The average molecular weight is 509 g/mol. The van der Waals surface area contributed by atoms with E-state index in [9.17, 15) is 18.5 Å². The monoisotopic (exact) mass is 508 g/mol. The second-order valence-electron chi connectivity index (χ2n) is 6.67. The summed E-state index contributed by atoms with van der Waals surface area (Å²) in [4.78, 5) is 17.1. The van der Waals surface area contributed by atoms with Gasteiger partial charge in [0.15, 0.2) is 5.13 Å². The molecule has 8 nitrogen and oxygen atoms in total. The number of hydrogen-bond donors (Lipinski definition) is 0. The lowest BCUT2D eigenvalue weighted by Crippen LogP contribution is -2.48. The SMILES string of the molecule is O=[N+]([O-])c1cccc(S(=O)(=O)N2CCN(c3nc(-c4cccc(Br)c4)cs3)CC2)c1. The molecule has 0 amide bonds. The molecule has 0 unspecified atom stereocenters. The highest BCUT2D eigenvalue weighted by molar-refractivity contribution is 9.10. The molecule has 1 aliphatic heterocycles. The van der Waals surface area contributed by atoms with Crippen molar-refractivity contribution in [3.8, 4) is 11.3 Å². The van der Waals surface area contributed by atoms with Gasteiger partial charge in [0.05, 0.1) is 15.5 Å². The number of aromatic nitrogens is 1. The van der Waals surface area contributed by atoms with Crippen molar-refractivity contribution in [2.24, 2.45) is 0 Å². The Hall–Kier alpha value is -2.34. The predicted octanol–water partition coefficient (Wildman–Crippen LogP) is 3.99. The lowest BCUT2D eigenvalue weighted by molar-refractivity contribution is -0.385. The van der Waals surface area contributed by atoms with Gasteiger partial charge in [0.2, 0.25) is 10.0 Å². The van der Waals surface area contributed by atoms with Gasteiger partial charge in [-0.1, -0.05) is 34.1 Å². The molecular formula is C19H17BrN4O4S2. The topological polar surface area (TPSA) is 96.6 Å². The van der Waals surface area contributed by atoms with Crippen molar-refractivity contribution >= 4 is 48.1 Å². The van der Waals surface area contributed by atoms with Crippen molar-refractivity contribution in [3.05, 3.63) is 68.5 Å². The maximum Gasteiger partial charge on any atom is 0.270 e. The quantitative estimate of drug-likeness (QED) is 0.381. The van der Waals surface area contributed by atoms with Crippen LogP contribution in [0.15, 0.2) is 63.3 Å². The van der Waals surface area contributed by atoms with E-state index in [1.165, 1.54) is 33.8 Å². The maximum absolute atomic E-state index is 12.9. The van der Waals surface area contributed by atoms with Gasteiger partial charge in [-0.25, -0.2) is 13.4 Å². The van der Waals surface area contributed by atoms with E-state index in [1.54, 1.807) is 0 Å². The highest BCUT2D eigenvalue weighted by atomic mass is 79.9. The molecule has 0 saturated carbocycles. The third-order valence-electron chi connectivity index (χ3n) is 4.79. The predicted molar refractivity (Wildman–Crippen MR) is 119 cm³/mol. The minimum atomic E-state index is -3.79. The van der Waals surface area contributed by atoms with Gasteiger partial charge in [0.25, 0.3) is 5.69 Å². The number of benzene rings is 2. The van der Waals surface area contributed by atoms with E-state index < -0.39 is 14.9 Å². The average Bonchev–Trinajstić information content (AvgIpc) is 3.24. The van der Waals surface area contributed by atoms with Gasteiger partial charge in [-0.3, -0.25) is 10.1 Å². The first-order valence-electron chi connectivity index (χ1n) is 9.05. The van der Waals surface area contributed by atoms with Crippen LogP contribution in [-0.2, 0) is 10.0 Å². The van der Waals surface area contributed by atoms with Crippen LogP contribution in [0.3, 0.4) is 0 Å². The largest absolute Gasteiger partial charge is 0.345 e. The first-order valence-corrected chi connectivity index (χ1v) is 12.2. The molecule has 2 heterocycles. The Balaban J connectivity index is 1.46. The normalized spacial score (nSPS) is 15.3. The first kappa shape index (κ1) is 20.9. The fraction of sp³-hybridized carbons (Fsp3) is 0.211. The third kappa shape index (κ3) is 4.24. The number of anilines is 1. The molecule has 0 radical (unpaired) electrons. The molecule has 11 heteroatoms. The Morgan fingerprint density at radius 2 is 1.80 bits per heavy atom. The number of rotatable bonds is 5. The molecule has 1 fully saturated rings. The van der Waals surface area contributed by atoms with Crippen LogP contribution in [0.2, 0.25) is 0 Å². The van der Waals surface area contributed by atoms with Crippen molar-refractivity contribution in [3.63, 3.8) is 0 Å². The van der Waals surface area contributed by atoms with Crippen LogP contribution >= 0.6 is 27.3 Å². The van der Waals surface area contributed by atoms with Crippen molar-refractivity contribution in [2.75, 3.05) is 31.1 Å². The van der Waals surface area contributed by atoms with E-state index >= 15 is 0 Å². The molecule has 4 rings (SSSR count). The fourth-order valence-electron chi connectivity index (χ4n) is 3.22. The second kappa shape index (κ2) is 8.42. The Bertz CT molecular complexity index is 1190. The van der Waals surface area contributed by atoms with Gasteiger partial charge in [-0.15, -0.1) is 11.3 Å². The summed E-state index contributed by atoms with van der Waals surface area (Å²) in [6.45, 7) is 1.58. The number of hydrogen-bond acceptors (Lipinski definition) is 7. The number of piperazine rings is 1. The molecule has 0 aliphatic carbocycles. The van der Waals surface area contributed by atoms with E-state index in [2.05, 4.69) is 20.8 Å². The summed E-state index contributed by atoms with van der Waals surface area (Å²) >= 11 is 4.99. The summed E-state index contributed by atoms with van der Waals surface area (Å²) in [5, 5.41) is 13.8. The number of nitrogens with zero attached hydrogens (tertiary/aromatic N) is 4. The molecule has 1 saturated heterocycles. The number of nitro benzene ring substituents is 1. The van der Waals surface area contributed by atoms with Crippen molar-refractivity contribution in [1.29, 1.82) is 0 Å². The number of halogens is 1. The molecular weight excluding hydrogens is 492 g/mol. The number of nitro groups is 1. The molecule has 30 heavy (non-hydrogen) atoms. The molecule has 0 atom stereocenters. The molecule has 2 aromatic carbocycles. The van der Waals surface area contributed by atoms with E-state index in [4.69, 9.17) is 4.98 Å². The number of thiazole rings is 1. The zero-order valence-electron chi connectivity index (χ0n) is 15.6. The van der Waals surface area contributed by atoms with Gasteiger partial charge in [0, 0.05) is 53.7 Å². The highest BCUT2D eigenvalue weighted by Gasteiger charge is 2.30. The zero-order chi connectivity index (χ0) is 21.3. The van der Waals surface area contributed by atoms with Crippen molar-refractivity contribution in [2.45, 2.75) is 4.90 Å². The summed E-state index contributed by atoms with van der Waals surface area (Å²) in [6.07, 6.45) is 0. The van der Waals surface area contributed by atoms with Crippen LogP contribution in [0.25, 0.3) is 11.3 Å². The van der Waals surface area contributed by atoms with E-state index in [-0.39, 0.29) is 23.7 Å². The van der Waals surface area contributed by atoms with Crippen LogP contribution in [-0.4, -0.2) is 48.8 Å².